The highest BCUT2D eigenvalue weighted by molar-refractivity contribution is 7.89. The Bertz CT molecular complexity index is 574. The van der Waals surface area contributed by atoms with Crippen molar-refractivity contribution in [3.05, 3.63) is 29.8 Å². The minimum Gasteiger partial charge on any atom is -0.383 e. The van der Waals surface area contributed by atoms with Gasteiger partial charge >= 0.3 is 0 Å². The van der Waals surface area contributed by atoms with Crippen molar-refractivity contribution in [1.29, 1.82) is 0 Å². The number of hydrogen-bond acceptors (Lipinski definition) is 4. The molecule has 0 spiro atoms. The quantitative estimate of drug-likeness (QED) is 0.827. The molecule has 1 heterocycles. The average Bonchev–Trinajstić information content (AvgIpc) is 2.46. The maximum absolute atomic E-state index is 12.8. The maximum atomic E-state index is 12.8. The van der Waals surface area contributed by atoms with Crippen LogP contribution in [0, 0.1) is 6.92 Å². The van der Waals surface area contributed by atoms with E-state index in [1.807, 2.05) is 19.1 Å². The van der Waals surface area contributed by atoms with Crippen molar-refractivity contribution in [3.8, 4) is 0 Å². The van der Waals surface area contributed by atoms with Gasteiger partial charge in [-0.2, -0.15) is 4.31 Å². The first kappa shape index (κ1) is 17.4. The Labute approximate surface area is 133 Å². The summed E-state index contributed by atoms with van der Waals surface area (Å²) in [5, 5.41) is 0. The Balaban J connectivity index is 2.15. The maximum Gasteiger partial charge on any atom is 0.243 e. The Morgan fingerprint density at radius 3 is 2.18 bits per heavy atom. The zero-order valence-corrected chi connectivity index (χ0v) is 14.6. The fraction of sp³-hybridized carbons (Fsp3) is 0.625. The summed E-state index contributed by atoms with van der Waals surface area (Å²) in [5.41, 5.74) is 1.06. The lowest BCUT2D eigenvalue weighted by Gasteiger charge is -2.43. The van der Waals surface area contributed by atoms with Crippen LogP contribution in [-0.4, -0.2) is 63.1 Å². The second-order valence-corrected chi connectivity index (χ2v) is 8.00. The molecule has 0 unspecified atom stereocenters. The SMILES string of the molecule is COCCN1[C@@H](C)CN(S(=O)(=O)c2ccc(C)cc2)C[C@@H]1C. The van der Waals surface area contributed by atoms with Crippen molar-refractivity contribution in [1.82, 2.24) is 9.21 Å². The van der Waals surface area contributed by atoms with E-state index in [1.54, 1.807) is 23.5 Å². The molecule has 0 N–H and O–H groups in total. The lowest BCUT2D eigenvalue weighted by atomic mass is 10.1. The first-order chi connectivity index (χ1) is 10.4. The van der Waals surface area contributed by atoms with Crippen LogP contribution < -0.4 is 0 Å². The molecule has 1 saturated heterocycles. The van der Waals surface area contributed by atoms with Crippen LogP contribution >= 0.6 is 0 Å². The molecule has 1 aliphatic heterocycles. The van der Waals surface area contributed by atoms with Crippen molar-refractivity contribution in [2.45, 2.75) is 37.8 Å². The van der Waals surface area contributed by atoms with Crippen molar-refractivity contribution < 1.29 is 13.2 Å². The molecule has 2 rings (SSSR count). The Morgan fingerprint density at radius 2 is 1.68 bits per heavy atom. The van der Waals surface area contributed by atoms with Gasteiger partial charge in [-0.1, -0.05) is 17.7 Å². The summed E-state index contributed by atoms with van der Waals surface area (Å²) in [7, 11) is -1.73. The summed E-state index contributed by atoms with van der Waals surface area (Å²) in [4.78, 5) is 2.69. The number of rotatable bonds is 5. The van der Waals surface area contributed by atoms with Crippen molar-refractivity contribution in [2.75, 3.05) is 33.4 Å². The summed E-state index contributed by atoms with van der Waals surface area (Å²) in [6.07, 6.45) is 0. The van der Waals surface area contributed by atoms with Crippen LogP contribution in [0.2, 0.25) is 0 Å². The van der Waals surface area contributed by atoms with E-state index in [-0.39, 0.29) is 12.1 Å². The largest absolute Gasteiger partial charge is 0.383 e. The van der Waals surface area contributed by atoms with Gasteiger partial charge in [0.15, 0.2) is 0 Å². The summed E-state index contributed by atoms with van der Waals surface area (Å²) in [5.74, 6) is 0. The highest BCUT2D eigenvalue weighted by Crippen LogP contribution is 2.23. The molecule has 0 aromatic heterocycles. The normalized spacial score (nSPS) is 24.5. The molecule has 0 aliphatic carbocycles. The lowest BCUT2D eigenvalue weighted by molar-refractivity contribution is 0.0496. The van der Waals surface area contributed by atoms with E-state index in [0.717, 1.165) is 12.1 Å². The number of aryl methyl sites for hydroxylation is 1. The Kier molecular flexibility index (Phi) is 5.60. The molecule has 0 radical (unpaired) electrons. The number of sulfonamides is 1. The number of ether oxygens (including phenoxy) is 1. The average molecular weight is 326 g/mol. The number of nitrogens with zero attached hydrogens (tertiary/aromatic N) is 2. The zero-order chi connectivity index (χ0) is 16.3. The van der Waals surface area contributed by atoms with Gasteiger partial charge in [0.25, 0.3) is 0 Å². The van der Waals surface area contributed by atoms with E-state index in [0.29, 0.717) is 24.6 Å². The van der Waals surface area contributed by atoms with Crippen molar-refractivity contribution in [2.24, 2.45) is 0 Å². The first-order valence-electron chi connectivity index (χ1n) is 7.67. The van der Waals surface area contributed by atoms with E-state index >= 15 is 0 Å². The van der Waals surface area contributed by atoms with E-state index in [1.165, 1.54) is 0 Å². The second kappa shape index (κ2) is 7.08. The van der Waals surface area contributed by atoms with E-state index in [2.05, 4.69) is 18.7 Å². The van der Waals surface area contributed by atoms with E-state index < -0.39 is 10.0 Å². The van der Waals surface area contributed by atoms with Gasteiger partial charge in [0.2, 0.25) is 10.0 Å². The summed E-state index contributed by atoms with van der Waals surface area (Å²) in [6.45, 7) is 8.63. The number of hydrogen-bond donors (Lipinski definition) is 0. The first-order valence-corrected chi connectivity index (χ1v) is 9.11. The highest BCUT2D eigenvalue weighted by Gasteiger charge is 2.35. The van der Waals surface area contributed by atoms with Gasteiger partial charge in [0.05, 0.1) is 11.5 Å². The van der Waals surface area contributed by atoms with Gasteiger partial charge in [-0.05, 0) is 32.9 Å². The molecular formula is C16H26N2O3S. The molecule has 1 aromatic carbocycles. The Morgan fingerprint density at radius 1 is 1.14 bits per heavy atom. The fourth-order valence-corrected chi connectivity index (χ4v) is 4.60. The van der Waals surface area contributed by atoms with Crippen LogP contribution in [-0.2, 0) is 14.8 Å². The molecule has 0 saturated carbocycles. The van der Waals surface area contributed by atoms with E-state index in [4.69, 9.17) is 4.74 Å². The van der Waals surface area contributed by atoms with Crippen LogP contribution in [0.15, 0.2) is 29.2 Å². The molecule has 5 nitrogen and oxygen atoms in total. The van der Waals surface area contributed by atoms with Gasteiger partial charge in [0.1, 0.15) is 0 Å². The predicted octanol–water partition coefficient (Wildman–Crippen LogP) is 1.72. The summed E-state index contributed by atoms with van der Waals surface area (Å²) >= 11 is 0. The molecule has 124 valence electrons. The number of benzene rings is 1. The topological polar surface area (TPSA) is 49.9 Å². The standard InChI is InChI=1S/C16H26N2O3S/c1-13-5-7-16(8-6-13)22(19,20)17-11-14(2)18(9-10-21-4)15(3)12-17/h5-8,14-15H,9-12H2,1-4H3/t14-,15-/m0/s1. The second-order valence-electron chi connectivity index (χ2n) is 6.06. The molecule has 0 bridgehead atoms. The third-order valence-corrected chi connectivity index (χ3v) is 6.13. The van der Waals surface area contributed by atoms with Gasteiger partial charge in [0, 0.05) is 38.8 Å². The minimum atomic E-state index is -3.41. The van der Waals surface area contributed by atoms with Crippen LogP contribution in [0.25, 0.3) is 0 Å². The third-order valence-electron chi connectivity index (χ3n) is 4.28. The smallest absolute Gasteiger partial charge is 0.243 e. The van der Waals surface area contributed by atoms with E-state index in [9.17, 15) is 8.42 Å². The van der Waals surface area contributed by atoms with Crippen LogP contribution in [0.5, 0.6) is 0 Å². The summed E-state index contributed by atoms with van der Waals surface area (Å²) < 4.78 is 32.3. The Hall–Kier alpha value is -0.950. The predicted molar refractivity (Wildman–Crippen MR) is 87.4 cm³/mol. The number of methoxy groups -OCH3 is 1. The third kappa shape index (κ3) is 3.68. The molecule has 1 aromatic rings. The van der Waals surface area contributed by atoms with Crippen molar-refractivity contribution in [3.63, 3.8) is 0 Å². The van der Waals surface area contributed by atoms with Gasteiger partial charge in [-0.15, -0.1) is 0 Å². The van der Waals surface area contributed by atoms with Gasteiger partial charge < -0.3 is 4.74 Å². The molecule has 1 fully saturated rings. The molecular weight excluding hydrogens is 300 g/mol. The lowest BCUT2D eigenvalue weighted by Crippen LogP contribution is -2.58. The summed E-state index contributed by atoms with van der Waals surface area (Å²) in [6, 6.07) is 7.43. The molecule has 2 atom stereocenters. The minimum absolute atomic E-state index is 0.180. The number of piperazine rings is 1. The monoisotopic (exact) mass is 326 g/mol. The van der Waals surface area contributed by atoms with Crippen LogP contribution in [0.3, 0.4) is 0 Å². The van der Waals surface area contributed by atoms with Crippen LogP contribution in [0.4, 0.5) is 0 Å². The van der Waals surface area contributed by atoms with Crippen molar-refractivity contribution >= 4 is 10.0 Å². The molecule has 6 heteroatoms. The molecule has 0 amide bonds. The van der Waals surface area contributed by atoms with Gasteiger partial charge in [-0.3, -0.25) is 4.90 Å². The zero-order valence-electron chi connectivity index (χ0n) is 13.8. The van der Waals surface area contributed by atoms with Crippen LogP contribution in [0.1, 0.15) is 19.4 Å². The fourth-order valence-electron chi connectivity index (χ4n) is 3.00. The molecule has 22 heavy (non-hydrogen) atoms. The molecule has 1 aliphatic rings. The highest BCUT2D eigenvalue weighted by atomic mass is 32.2. The van der Waals surface area contributed by atoms with Gasteiger partial charge in [-0.25, -0.2) is 8.42 Å².